The number of rotatable bonds is 5. The number of nitrogens with zero attached hydrogens (tertiary/aromatic N) is 2. The van der Waals surface area contributed by atoms with E-state index >= 15 is 0 Å². The molecule has 1 N–H and O–H groups in total. The third kappa shape index (κ3) is 4.41. The average molecular weight is 383 g/mol. The van der Waals surface area contributed by atoms with E-state index in [2.05, 4.69) is 10.4 Å². The number of carbonyl (C=O) groups excluding carboxylic acids is 1. The lowest BCUT2D eigenvalue weighted by Gasteiger charge is -2.09. The van der Waals surface area contributed by atoms with Crippen LogP contribution in [0.25, 0.3) is 22.0 Å². The van der Waals surface area contributed by atoms with Crippen molar-refractivity contribution in [2.75, 3.05) is 0 Å². The first-order valence-electron chi connectivity index (χ1n) is 9.48. The number of carbonyl (C=O) groups is 1. The smallest absolute Gasteiger partial charge is 0.267 e. The van der Waals surface area contributed by atoms with E-state index in [4.69, 9.17) is 0 Å². The molecular weight excluding hydrogens is 362 g/mol. The Balaban J connectivity index is 1.50. The topological polar surface area (TPSA) is 64.0 Å². The van der Waals surface area contributed by atoms with Crippen molar-refractivity contribution in [1.29, 1.82) is 0 Å². The molecule has 0 atom stereocenters. The Morgan fingerprint density at radius 2 is 1.69 bits per heavy atom. The fourth-order valence-corrected chi connectivity index (χ4v) is 3.16. The summed E-state index contributed by atoms with van der Waals surface area (Å²) in [7, 11) is 0. The van der Waals surface area contributed by atoms with Crippen molar-refractivity contribution in [2.24, 2.45) is 0 Å². The molecule has 5 nitrogen and oxygen atoms in total. The van der Waals surface area contributed by atoms with Gasteiger partial charge in [-0.05, 0) is 35.4 Å². The van der Waals surface area contributed by atoms with Gasteiger partial charge in [0.25, 0.3) is 5.56 Å². The van der Waals surface area contributed by atoms with Gasteiger partial charge in [-0.15, -0.1) is 0 Å². The molecule has 1 amide bonds. The third-order valence-corrected chi connectivity index (χ3v) is 4.82. The van der Waals surface area contributed by atoms with Gasteiger partial charge >= 0.3 is 0 Å². The first-order valence-corrected chi connectivity index (χ1v) is 9.48. The number of hydrogen-bond acceptors (Lipinski definition) is 3. The van der Waals surface area contributed by atoms with Crippen molar-refractivity contribution in [1.82, 2.24) is 15.1 Å². The Morgan fingerprint density at radius 3 is 2.48 bits per heavy atom. The van der Waals surface area contributed by atoms with Crippen molar-refractivity contribution < 1.29 is 4.79 Å². The van der Waals surface area contributed by atoms with E-state index in [1.807, 2.05) is 73.7 Å². The van der Waals surface area contributed by atoms with Crippen molar-refractivity contribution in [3.8, 4) is 11.3 Å². The molecule has 0 unspecified atom stereocenters. The summed E-state index contributed by atoms with van der Waals surface area (Å²) >= 11 is 0. The monoisotopic (exact) mass is 383 g/mol. The van der Waals surface area contributed by atoms with E-state index in [9.17, 15) is 9.59 Å². The molecule has 0 aliphatic carbocycles. The number of amides is 1. The highest BCUT2D eigenvalue weighted by atomic mass is 16.2. The van der Waals surface area contributed by atoms with Gasteiger partial charge in [0.15, 0.2) is 0 Å². The molecule has 0 aliphatic rings. The Labute approximate surface area is 168 Å². The first kappa shape index (κ1) is 18.6. The zero-order chi connectivity index (χ0) is 20.2. The maximum absolute atomic E-state index is 12.3. The summed E-state index contributed by atoms with van der Waals surface area (Å²) in [5.41, 5.74) is 3.43. The maximum atomic E-state index is 12.3. The lowest BCUT2D eigenvalue weighted by Crippen LogP contribution is -2.33. The quantitative estimate of drug-likeness (QED) is 0.572. The molecular formula is C24H21N3O2. The third-order valence-electron chi connectivity index (χ3n) is 4.82. The van der Waals surface area contributed by atoms with Gasteiger partial charge in [-0.25, -0.2) is 4.68 Å². The summed E-state index contributed by atoms with van der Waals surface area (Å²) in [5.74, 6) is -0.254. The molecule has 4 rings (SSSR count). The van der Waals surface area contributed by atoms with Crippen LogP contribution in [0.1, 0.15) is 11.1 Å². The summed E-state index contributed by atoms with van der Waals surface area (Å²) < 4.78 is 1.20. The van der Waals surface area contributed by atoms with Crippen LogP contribution in [0.15, 0.2) is 83.7 Å². The van der Waals surface area contributed by atoms with Gasteiger partial charge in [0, 0.05) is 18.2 Å². The van der Waals surface area contributed by atoms with Gasteiger partial charge in [-0.3, -0.25) is 9.59 Å². The molecule has 1 heterocycles. The van der Waals surface area contributed by atoms with Gasteiger partial charge in [-0.1, -0.05) is 66.2 Å². The van der Waals surface area contributed by atoms with Crippen molar-refractivity contribution in [3.05, 3.63) is 100 Å². The maximum Gasteiger partial charge on any atom is 0.267 e. The zero-order valence-corrected chi connectivity index (χ0v) is 16.1. The highest BCUT2D eigenvalue weighted by Gasteiger charge is 2.08. The molecule has 4 aromatic rings. The largest absolute Gasteiger partial charge is 0.350 e. The highest BCUT2D eigenvalue weighted by molar-refractivity contribution is 5.86. The Kier molecular flexibility index (Phi) is 5.20. The number of hydrogen-bond donors (Lipinski definition) is 1. The first-order chi connectivity index (χ1) is 14.1. The number of aromatic nitrogens is 2. The summed E-state index contributed by atoms with van der Waals surface area (Å²) in [4.78, 5) is 24.5. The Bertz CT molecular complexity index is 1230. The molecule has 0 radical (unpaired) electrons. The number of nitrogens with one attached hydrogen (secondary N) is 1. The van der Waals surface area contributed by atoms with Crippen molar-refractivity contribution >= 4 is 16.7 Å². The summed E-state index contributed by atoms with van der Waals surface area (Å²) in [6.45, 7) is 2.31. The zero-order valence-electron chi connectivity index (χ0n) is 16.1. The van der Waals surface area contributed by atoms with Gasteiger partial charge in [0.1, 0.15) is 6.54 Å². The lowest BCUT2D eigenvalue weighted by molar-refractivity contribution is -0.122. The SMILES string of the molecule is Cc1ccc(CNC(=O)Cn2nc(-c3ccc4ccccc4c3)ccc2=O)cc1. The molecule has 5 heteroatoms. The van der Waals surface area contributed by atoms with Gasteiger partial charge in [-0.2, -0.15) is 5.10 Å². The molecule has 0 aliphatic heterocycles. The Morgan fingerprint density at radius 1 is 0.931 bits per heavy atom. The molecule has 1 aromatic heterocycles. The molecule has 3 aromatic carbocycles. The van der Waals surface area contributed by atoms with E-state index in [0.717, 1.165) is 21.9 Å². The van der Waals surface area contributed by atoms with Crippen LogP contribution in [0.4, 0.5) is 0 Å². The van der Waals surface area contributed by atoms with Crippen LogP contribution in [0.2, 0.25) is 0 Å². The minimum absolute atomic E-state index is 0.119. The lowest BCUT2D eigenvalue weighted by atomic mass is 10.1. The fourth-order valence-electron chi connectivity index (χ4n) is 3.16. The van der Waals surface area contributed by atoms with Crippen LogP contribution in [-0.4, -0.2) is 15.7 Å². The number of benzene rings is 3. The van der Waals surface area contributed by atoms with Crippen LogP contribution in [0, 0.1) is 6.92 Å². The van der Waals surface area contributed by atoms with E-state index in [1.165, 1.54) is 16.3 Å². The predicted octanol–water partition coefficient (Wildman–Crippen LogP) is 3.69. The normalized spacial score (nSPS) is 10.8. The van der Waals surface area contributed by atoms with E-state index in [0.29, 0.717) is 12.2 Å². The minimum Gasteiger partial charge on any atom is -0.350 e. The summed E-state index contributed by atoms with van der Waals surface area (Å²) in [6.07, 6.45) is 0. The fraction of sp³-hybridized carbons (Fsp3) is 0.125. The molecule has 0 saturated carbocycles. The number of aryl methyl sites for hydroxylation is 1. The van der Waals surface area contributed by atoms with Crippen LogP contribution < -0.4 is 10.9 Å². The highest BCUT2D eigenvalue weighted by Crippen LogP contribution is 2.22. The average Bonchev–Trinajstić information content (AvgIpc) is 2.74. The molecule has 0 bridgehead atoms. The van der Waals surface area contributed by atoms with Crippen LogP contribution in [-0.2, 0) is 17.9 Å². The number of fused-ring (bicyclic) bond motifs is 1. The predicted molar refractivity (Wildman–Crippen MR) is 114 cm³/mol. The molecule has 144 valence electrons. The van der Waals surface area contributed by atoms with Crippen molar-refractivity contribution in [2.45, 2.75) is 20.0 Å². The molecule has 29 heavy (non-hydrogen) atoms. The second kappa shape index (κ2) is 8.10. The standard InChI is InChI=1S/C24H21N3O2/c1-17-6-8-18(9-7-17)15-25-23(28)16-27-24(29)13-12-22(26-27)21-11-10-19-4-2-3-5-20(19)14-21/h2-14H,15-16H2,1H3,(H,25,28). The van der Waals surface area contributed by atoms with Gasteiger partial charge in [0.2, 0.25) is 5.91 Å². The van der Waals surface area contributed by atoms with Crippen LogP contribution in [0.3, 0.4) is 0 Å². The van der Waals surface area contributed by atoms with Crippen LogP contribution in [0.5, 0.6) is 0 Å². The Hall–Kier alpha value is -3.73. The molecule has 0 saturated heterocycles. The van der Waals surface area contributed by atoms with E-state index in [1.54, 1.807) is 6.07 Å². The molecule has 0 fully saturated rings. The van der Waals surface area contributed by atoms with E-state index in [-0.39, 0.29) is 18.0 Å². The van der Waals surface area contributed by atoms with Gasteiger partial charge < -0.3 is 5.32 Å². The second-order valence-electron chi connectivity index (χ2n) is 7.04. The minimum atomic E-state index is -0.306. The van der Waals surface area contributed by atoms with Gasteiger partial charge in [0.05, 0.1) is 5.69 Å². The summed E-state index contributed by atoms with van der Waals surface area (Å²) in [5, 5.41) is 9.47. The molecule has 0 spiro atoms. The van der Waals surface area contributed by atoms with Crippen molar-refractivity contribution in [3.63, 3.8) is 0 Å². The van der Waals surface area contributed by atoms with Crippen LogP contribution >= 0.6 is 0 Å². The second-order valence-corrected chi connectivity index (χ2v) is 7.04. The van der Waals surface area contributed by atoms with E-state index < -0.39 is 0 Å². The summed E-state index contributed by atoms with van der Waals surface area (Å²) in [6, 6.07) is 25.2.